The molecule has 1 heterocycles. The molecule has 1 atom stereocenters. The zero-order valence-electron chi connectivity index (χ0n) is 15.5. The van der Waals surface area contributed by atoms with Gasteiger partial charge in [-0.05, 0) is 39.8 Å². The molecule has 0 aliphatic rings. The van der Waals surface area contributed by atoms with Crippen LogP contribution >= 0.6 is 11.3 Å². The van der Waals surface area contributed by atoms with E-state index in [9.17, 15) is 0 Å². The van der Waals surface area contributed by atoms with Gasteiger partial charge in [0.1, 0.15) is 5.01 Å². The Morgan fingerprint density at radius 2 is 2.04 bits per heavy atom. The summed E-state index contributed by atoms with van der Waals surface area (Å²) in [6, 6.07) is 0.505. The van der Waals surface area contributed by atoms with Crippen molar-refractivity contribution in [2.75, 3.05) is 27.2 Å². The maximum Gasteiger partial charge on any atom is 0.191 e. The van der Waals surface area contributed by atoms with Crippen LogP contribution < -0.4 is 10.6 Å². The SMILES string of the molecule is CCNC(=NCc1ncc(CC)s1)NCC(CC(C)C)N(C)C. The van der Waals surface area contributed by atoms with Gasteiger partial charge in [-0.25, -0.2) is 9.98 Å². The number of likely N-dealkylation sites (N-methyl/N-ethyl adjacent to an activating group) is 1. The van der Waals surface area contributed by atoms with Gasteiger partial charge < -0.3 is 15.5 Å². The monoisotopic (exact) mass is 339 g/mol. The van der Waals surface area contributed by atoms with Gasteiger partial charge in [0.2, 0.25) is 0 Å². The maximum atomic E-state index is 4.67. The van der Waals surface area contributed by atoms with Crippen LogP contribution in [0, 0.1) is 5.92 Å². The first-order valence-electron chi connectivity index (χ1n) is 8.58. The average Bonchev–Trinajstić information content (AvgIpc) is 2.96. The van der Waals surface area contributed by atoms with Crippen LogP contribution in [0.2, 0.25) is 0 Å². The molecule has 2 N–H and O–H groups in total. The van der Waals surface area contributed by atoms with Crippen LogP contribution in [0.5, 0.6) is 0 Å². The van der Waals surface area contributed by atoms with Gasteiger partial charge in [-0.2, -0.15) is 0 Å². The van der Waals surface area contributed by atoms with Gasteiger partial charge in [0.25, 0.3) is 0 Å². The van der Waals surface area contributed by atoms with Gasteiger partial charge >= 0.3 is 0 Å². The second-order valence-corrected chi connectivity index (χ2v) is 7.60. The molecule has 0 bridgehead atoms. The van der Waals surface area contributed by atoms with E-state index >= 15 is 0 Å². The Morgan fingerprint density at radius 1 is 1.30 bits per heavy atom. The zero-order chi connectivity index (χ0) is 17.2. The predicted molar refractivity (Wildman–Crippen MR) is 101 cm³/mol. The number of nitrogens with zero attached hydrogens (tertiary/aromatic N) is 3. The van der Waals surface area contributed by atoms with E-state index in [1.54, 1.807) is 11.3 Å². The second kappa shape index (κ2) is 10.6. The summed E-state index contributed by atoms with van der Waals surface area (Å²) in [6.07, 6.45) is 4.17. The first-order chi connectivity index (χ1) is 11.0. The summed E-state index contributed by atoms with van der Waals surface area (Å²) in [5, 5.41) is 7.87. The lowest BCUT2D eigenvalue weighted by Gasteiger charge is -2.27. The van der Waals surface area contributed by atoms with Crippen LogP contribution in [-0.4, -0.2) is 49.1 Å². The summed E-state index contributed by atoms with van der Waals surface area (Å²) in [4.78, 5) is 12.7. The van der Waals surface area contributed by atoms with Crippen LogP contribution in [0.4, 0.5) is 0 Å². The topological polar surface area (TPSA) is 52.6 Å². The Balaban J connectivity index is 2.60. The fraction of sp³-hybridized carbons (Fsp3) is 0.765. The van der Waals surface area contributed by atoms with E-state index < -0.39 is 0 Å². The lowest BCUT2D eigenvalue weighted by Crippen LogP contribution is -2.45. The van der Waals surface area contributed by atoms with Crippen molar-refractivity contribution in [2.45, 2.75) is 53.1 Å². The Labute approximate surface area is 145 Å². The largest absolute Gasteiger partial charge is 0.357 e. The van der Waals surface area contributed by atoms with Gasteiger partial charge in [0.15, 0.2) is 5.96 Å². The molecule has 0 saturated carbocycles. The van der Waals surface area contributed by atoms with Crippen LogP contribution in [0.1, 0.15) is 44.0 Å². The predicted octanol–water partition coefficient (Wildman–Crippen LogP) is 2.74. The quantitative estimate of drug-likeness (QED) is 0.536. The molecule has 5 nitrogen and oxygen atoms in total. The second-order valence-electron chi connectivity index (χ2n) is 6.40. The normalized spacial score (nSPS) is 13.7. The van der Waals surface area contributed by atoms with Crippen molar-refractivity contribution in [2.24, 2.45) is 10.9 Å². The molecule has 0 radical (unpaired) electrons. The molecule has 1 aromatic rings. The Hall–Kier alpha value is -1.14. The highest BCUT2D eigenvalue weighted by Crippen LogP contribution is 2.14. The molecular weight excluding hydrogens is 306 g/mol. The van der Waals surface area contributed by atoms with Gasteiger partial charge in [-0.1, -0.05) is 20.8 Å². The van der Waals surface area contributed by atoms with E-state index in [0.717, 1.165) is 30.5 Å². The van der Waals surface area contributed by atoms with E-state index in [1.165, 1.54) is 11.3 Å². The summed E-state index contributed by atoms with van der Waals surface area (Å²) in [6.45, 7) is 11.2. The summed E-state index contributed by atoms with van der Waals surface area (Å²) >= 11 is 1.75. The number of nitrogens with one attached hydrogen (secondary N) is 2. The molecule has 1 rings (SSSR count). The first-order valence-corrected chi connectivity index (χ1v) is 9.40. The molecule has 0 amide bonds. The van der Waals surface area contributed by atoms with Crippen LogP contribution in [0.15, 0.2) is 11.2 Å². The summed E-state index contributed by atoms with van der Waals surface area (Å²) in [7, 11) is 4.28. The zero-order valence-corrected chi connectivity index (χ0v) is 16.3. The van der Waals surface area contributed by atoms with E-state index in [2.05, 4.69) is 67.3 Å². The molecule has 132 valence electrons. The molecule has 0 aromatic carbocycles. The van der Waals surface area contributed by atoms with Gasteiger partial charge in [0, 0.05) is 30.2 Å². The smallest absolute Gasteiger partial charge is 0.191 e. The minimum Gasteiger partial charge on any atom is -0.357 e. The summed E-state index contributed by atoms with van der Waals surface area (Å²) in [5.74, 6) is 1.56. The number of guanidine groups is 1. The lowest BCUT2D eigenvalue weighted by atomic mass is 10.0. The Bertz CT molecular complexity index is 467. The number of hydrogen-bond donors (Lipinski definition) is 2. The van der Waals surface area contributed by atoms with Crippen molar-refractivity contribution in [3.8, 4) is 0 Å². The minimum absolute atomic E-state index is 0.505. The van der Waals surface area contributed by atoms with E-state index in [0.29, 0.717) is 18.5 Å². The molecule has 0 aliphatic heterocycles. The lowest BCUT2D eigenvalue weighted by molar-refractivity contribution is 0.254. The number of aryl methyl sites for hydroxylation is 1. The fourth-order valence-corrected chi connectivity index (χ4v) is 3.10. The highest BCUT2D eigenvalue weighted by Gasteiger charge is 2.13. The molecule has 0 aliphatic carbocycles. The van der Waals surface area contributed by atoms with Crippen LogP contribution in [-0.2, 0) is 13.0 Å². The Morgan fingerprint density at radius 3 is 2.57 bits per heavy atom. The Kier molecular flexibility index (Phi) is 9.17. The van der Waals surface area contributed by atoms with Crippen molar-refractivity contribution < 1.29 is 0 Å². The average molecular weight is 340 g/mol. The molecule has 0 fully saturated rings. The van der Waals surface area contributed by atoms with E-state index in [4.69, 9.17) is 0 Å². The molecule has 1 aromatic heterocycles. The highest BCUT2D eigenvalue weighted by molar-refractivity contribution is 7.11. The maximum absolute atomic E-state index is 4.67. The molecule has 23 heavy (non-hydrogen) atoms. The van der Waals surface area contributed by atoms with Crippen molar-refractivity contribution in [3.05, 3.63) is 16.1 Å². The van der Waals surface area contributed by atoms with E-state index in [1.807, 2.05) is 6.20 Å². The van der Waals surface area contributed by atoms with Crippen LogP contribution in [0.25, 0.3) is 0 Å². The number of hydrogen-bond acceptors (Lipinski definition) is 4. The van der Waals surface area contributed by atoms with Crippen molar-refractivity contribution in [3.63, 3.8) is 0 Å². The molecule has 1 unspecified atom stereocenters. The highest BCUT2D eigenvalue weighted by atomic mass is 32.1. The summed E-state index contributed by atoms with van der Waals surface area (Å²) < 4.78 is 0. The number of thiazole rings is 1. The molecule has 0 saturated heterocycles. The van der Waals surface area contributed by atoms with Crippen molar-refractivity contribution >= 4 is 17.3 Å². The van der Waals surface area contributed by atoms with Crippen molar-refractivity contribution in [1.29, 1.82) is 0 Å². The van der Waals surface area contributed by atoms with Gasteiger partial charge in [-0.15, -0.1) is 11.3 Å². The van der Waals surface area contributed by atoms with Crippen LogP contribution in [0.3, 0.4) is 0 Å². The standard InChI is InChI=1S/C17H33N5S/c1-7-15-11-19-16(23-15)12-21-17(18-8-2)20-10-14(22(5)6)9-13(3)4/h11,13-14H,7-10,12H2,1-6H3,(H2,18,20,21). The summed E-state index contributed by atoms with van der Waals surface area (Å²) in [5.41, 5.74) is 0. The van der Waals surface area contributed by atoms with Crippen molar-refractivity contribution in [1.82, 2.24) is 20.5 Å². The minimum atomic E-state index is 0.505. The number of rotatable bonds is 9. The first kappa shape index (κ1) is 19.9. The molecule has 0 spiro atoms. The third-order valence-corrected chi connectivity index (χ3v) is 4.77. The fourth-order valence-electron chi connectivity index (χ4n) is 2.31. The third kappa shape index (κ3) is 7.79. The van der Waals surface area contributed by atoms with Gasteiger partial charge in [0.05, 0.1) is 6.54 Å². The third-order valence-electron chi connectivity index (χ3n) is 3.65. The number of aliphatic imine (C=N–C) groups is 1. The van der Waals surface area contributed by atoms with E-state index in [-0.39, 0.29) is 0 Å². The number of aromatic nitrogens is 1. The molecule has 6 heteroatoms. The van der Waals surface area contributed by atoms with Gasteiger partial charge in [-0.3, -0.25) is 0 Å². The molecular formula is C17H33N5S.